The van der Waals surface area contributed by atoms with Gasteiger partial charge in [-0.25, -0.2) is 0 Å². The maximum atomic E-state index is 10.5. The lowest BCUT2D eigenvalue weighted by atomic mass is 10.1. The van der Waals surface area contributed by atoms with E-state index in [9.17, 15) is 9.90 Å². The van der Waals surface area contributed by atoms with E-state index in [2.05, 4.69) is 0 Å². The van der Waals surface area contributed by atoms with Gasteiger partial charge in [-0.3, -0.25) is 4.79 Å². The van der Waals surface area contributed by atoms with E-state index in [0.29, 0.717) is 22.8 Å². The Bertz CT molecular complexity index is 442. The molecular weight excluding hydrogens is 228 g/mol. The van der Waals surface area contributed by atoms with Crippen LogP contribution in [0.15, 0.2) is 12.1 Å². The molecule has 1 aliphatic heterocycles. The molecule has 1 aromatic rings. The minimum absolute atomic E-state index is 0.0875. The third-order valence-corrected chi connectivity index (χ3v) is 2.43. The van der Waals surface area contributed by atoms with Crippen LogP contribution >= 0.6 is 0 Å². The Morgan fingerprint density at radius 3 is 2.94 bits per heavy atom. The molecule has 0 fully saturated rings. The van der Waals surface area contributed by atoms with E-state index in [-0.39, 0.29) is 13.2 Å². The number of aliphatic hydroxyl groups is 1. The Kier molecular flexibility index (Phi) is 3.06. The molecule has 1 heterocycles. The van der Waals surface area contributed by atoms with Gasteiger partial charge >= 0.3 is 5.97 Å². The van der Waals surface area contributed by atoms with Gasteiger partial charge < -0.3 is 24.4 Å². The largest absolute Gasteiger partial charge is 0.493 e. The molecule has 0 aliphatic carbocycles. The number of carbonyl (C=O) groups is 1. The van der Waals surface area contributed by atoms with Crippen molar-refractivity contribution in [1.29, 1.82) is 0 Å². The van der Waals surface area contributed by atoms with Crippen molar-refractivity contribution in [3.63, 3.8) is 0 Å². The molecule has 1 aromatic carbocycles. The van der Waals surface area contributed by atoms with Gasteiger partial charge in [0.25, 0.3) is 0 Å². The van der Waals surface area contributed by atoms with Crippen molar-refractivity contribution in [2.75, 3.05) is 13.9 Å². The third kappa shape index (κ3) is 2.26. The molecule has 2 N–H and O–H groups in total. The molecule has 0 aromatic heterocycles. The van der Waals surface area contributed by atoms with Crippen molar-refractivity contribution in [2.45, 2.75) is 12.5 Å². The number of ether oxygens (including phenoxy) is 3. The fourth-order valence-corrected chi connectivity index (χ4v) is 1.63. The molecule has 6 nitrogen and oxygen atoms in total. The highest BCUT2D eigenvalue weighted by Gasteiger charge is 2.23. The van der Waals surface area contributed by atoms with E-state index in [1.807, 2.05) is 0 Å². The lowest BCUT2D eigenvalue weighted by molar-refractivity contribution is -0.139. The molecule has 17 heavy (non-hydrogen) atoms. The van der Waals surface area contributed by atoms with Gasteiger partial charge in [0.1, 0.15) is 0 Å². The Morgan fingerprint density at radius 1 is 1.53 bits per heavy atom. The number of hydrogen-bond donors (Lipinski definition) is 2. The topological polar surface area (TPSA) is 85.2 Å². The number of fused-ring (bicyclic) bond motifs is 1. The van der Waals surface area contributed by atoms with Gasteiger partial charge in [-0.15, -0.1) is 0 Å². The van der Waals surface area contributed by atoms with Crippen LogP contribution < -0.4 is 14.2 Å². The molecule has 1 atom stereocenters. The van der Waals surface area contributed by atoms with Crippen molar-refractivity contribution in [1.82, 2.24) is 0 Å². The zero-order valence-electron chi connectivity index (χ0n) is 9.17. The number of rotatable bonds is 4. The first-order valence-corrected chi connectivity index (χ1v) is 4.99. The van der Waals surface area contributed by atoms with Crippen LogP contribution in [0.1, 0.15) is 18.1 Å². The minimum atomic E-state index is -1.10. The van der Waals surface area contributed by atoms with Crippen molar-refractivity contribution >= 4 is 5.97 Å². The summed E-state index contributed by atoms with van der Waals surface area (Å²) in [4.78, 5) is 10.5. The highest BCUT2D eigenvalue weighted by atomic mass is 16.7. The first-order valence-electron chi connectivity index (χ1n) is 4.99. The van der Waals surface area contributed by atoms with Crippen LogP contribution in [0.4, 0.5) is 0 Å². The Morgan fingerprint density at radius 2 is 2.29 bits per heavy atom. The number of benzene rings is 1. The van der Waals surface area contributed by atoms with Gasteiger partial charge in [-0.2, -0.15) is 0 Å². The Labute approximate surface area is 97.3 Å². The van der Waals surface area contributed by atoms with Crippen LogP contribution in [-0.2, 0) is 4.79 Å². The van der Waals surface area contributed by atoms with Crippen LogP contribution in [0.2, 0.25) is 0 Å². The predicted molar refractivity (Wildman–Crippen MR) is 56.3 cm³/mol. The third-order valence-electron chi connectivity index (χ3n) is 2.43. The summed E-state index contributed by atoms with van der Waals surface area (Å²) in [6.45, 7) is 0.0875. The van der Waals surface area contributed by atoms with Crippen molar-refractivity contribution in [3.05, 3.63) is 17.7 Å². The van der Waals surface area contributed by atoms with Crippen molar-refractivity contribution in [3.8, 4) is 17.2 Å². The fourth-order valence-electron chi connectivity index (χ4n) is 1.63. The molecule has 6 heteroatoms. The van der Waals surface area contributed by atoms with Gasteiger partial charge in [-0.1, -0.05) is 0 Å². The summed E-state index contributed by atoms with van der Waals surface area (Å²) in [7, 11) is 1.46. The van der Waals surface area contributed by atoms with Gasteiger partial charge in [-0.05, 0) is 17.7 Å². The highest BCUT2D eigenvalue weighted by molar-refractivity contribution is 5.68. The van der Waals surface area contributed by atoms with E-state index in [0.717, 1.165) is 0 Å². The monoisotopic (exact) mass is 240 g/mol. The second-order valence-corrected chi connectivity index (χ2v) is 3.57. The van der Waals surface area contributed by atoms with Crippen LogP contribution in [0.5, 0.6) is 17.2 Å². The van der Waals surface area contributed by atoms with E-state index in [1.54, 1.807) is 12.1 Å². The van der Waals surface area contributed by atoms with E-state index in [1.165, 1.54) is 7.11 Å². The fraction of sp³-hybridized carbons (Fsp3) is 0.364. The Balaban J connectivity index is 2.33. The average molecular weight is 240 g/mol. The summed E-state index contributed by atoms with van der Waals surface area (Å²) in [5.41, 5.74) is 0.425. The molecule has 0 spiro atoms. The van der Waals surface area contributed by atoms with Crippen molar-refractivity contribution in [2.24, 2.45) is 0 Å². The van der Waals surface area contributed by atoms with E-state index < -0.39 is 12.1 Å². The maximum absolute atomic E-state index is 10.5. The molecule has 1 unspecified atom stereocenters. The number of aliphatic carboxylic acids is 1. The summed E-state index contributed by atoms with van der Waals surface area (Å²) in [5.74, 6) is 0.260. The predicted octanol–water partition coefficient (Wildman–Crippen LogP) is 0.932. The van der Waals surface area contributed by atoms with Crippen LogP contribution in [0.25, 0.3) is 0 Å². The standard InChI is InChI=1S/C11H12O6/c1-15-8-2-6(7(12)4-10(13)14)3-9-11(8)17-5-16-9/h2-3,7,12H,4-5H2,1H3,(H,13,14). The normalized spacial score (nSPS) is 14.5. The summed E-state index contributed by atoms with van der Waals surface area (Å²) >= 11 is 0. The zero-order chi connectivity index (χ0) is 12.4. The van der Waals surface area contributed by atoms with E-state index >= 15 is 0 Å². The van der Waals surface area contributed by atoms with Crippen LogP contribution in [0, 0.1) is 0 Å². The smallest absolute Gasteiger partial charge is 0.306 e. The molecule has 0 amide bonds. The van der Waals surface area contributed by atoms with Crippen LogP contribution in [0.3, 0.4) is 0 Å². The Hall–Kier alpha value is -1.95. The number of carboxylic acid groups (broad SMARTS) is 1. The highest BCUT2D eigenvalue weighted by Crippen LogP contribution is 2.43. The number of carboxylic acids is 1. The van der Waals surface area contributed by atoms with Crippen LogP contribution in [-0.4, -0.2) is 30.1 Å². The van der Waals surface area contributed by atoms with Gasteiger partial charge in [0.05, 0.1) is 19.6 Å². The molecule has 0 bridgehead atoms. The van der Waals surface area contributed by atoms with Gasteiger partial charge in [0, 0.05) is 0 Å². The second kappa shape index (κ2) is 4.50. The average Bonchev–Trinajstić information content (AvgIpc) is 2.74. The SMILES string of the molecule is COc1cc(C(O)CC(=O)O)cc2c1OCO2. The van der Waals surface area contributed by atoms with Gasteiger partial charge in [0.15, 0.2) is 11.5 Å². The lowest BCUT2D eigenvalue weighted by Gasteiger charge is -2.11. The molecule has 0 radical (unpaired) electrons. The first-order chi connectivity index (χ1) is 8.11. The lowest BCUT2D eigenvalue weighted by Crippen LogP contribution is -2.05. The second-order valence-electron chi connectivity index (χ2n) is 3.57. The quantitative estimate of drug-likeness (QED) is 0.814. The number of aliphatic hydroxyl groups excluding tert-OH is 1. The number of methoxy groups -OCH3 is 1. The summed E-state index contributed by atoms with van der Waals surface area (Å²) < 4.78 is 15.5. The maximum Gasteiger partial charge on any atom is 0.306 e. The van der Waals surface area contributed by atoms with E-state index in [4.69, 9.17) is 19.3 Å². The first kappa shape index (κ1) is 11.5. The molecule has 0 saturated heterocycles. The number of hydrogen-bond acceptors (Lipinski definition) is 5. The molecular formula is C11H12O6. The molecule has 1 aliphatic rings. The molecule has 92 valence electrons. The molecule has 0 saturated carbocycles. The van der Waals surface area contributed by atoms with Gasteiger partial charge in [0.2, 0.25) is 12.5 Å². The minimum Gasteiger partial charge on any atom is -0.493 e. The summed E-state index contributed by atoms with van der Waals surface area (Å²) in [6, 6.07) is 3.10. The van der Waals surface area contributed by atoms with Crippen molar-refractivity contribution < 1.29 is 29.2 Å². The summed E-state index contributed by atoms with van der Waals surface area (Å²) in [6.07, 6.45) is -1.47. The summed E-state index contributed by atoms with van der Waals surface area (Å²) in [5, 5.41) is 18.3. The zero-order valence-corrected chi connectivity index (χ0v) is 9.17. The molecule has 2 rings (SSSR count).